The van der Waals surface area contributed by atoms with Gasteiger partial charge in [-0.25, -0.2) is 0 Å². The normalized spacial score (nSPS) is 13.5. The summed E-state index contributed by atoms with van der Waals surface area (Å²) in [5.41, 5.74) is 0.990. The van der Waals surface area contributed by atoms with Gasteiger partial charge in [0, 0.05) is 0 Å². The molecule has 2 aromatic rings. The summed E-state index contributed by atoms with van der Waals surface area (Å²) in [4.78, 5) is 12.9. The zero-order valence-electron chi connectivity index (χ0n) is 14.4. The highest BCUT2D eigenvalue weighted by molar-refractivity contribution is 7.85. The SMILES string of the molecule is COc1ccc([C@H](NC(=O)C[S@@](=O)c2ccoc2C)C(C)C)cc1. The molecule has 0 saturated carbocycles. The van der Waals surface area contributed by atoms with Gasteiger partial charge >= 0.3 is 0 Å². The molecule has 0 fully saturated rings. The second kappa shape index (κ2) is 8.15. The maximum atomic E-state index is 12.3. The number of benzene rings is 1. The number of carbonyl (C=O) groups is 1. The summed E-state index contributed by atoms with van der Waals surface area (Å²) in [7, 11) is 0.204. The highest BCUT2D eigenvalue weighted by atomic mass is 32.2. The van der Waals surface area contributed by atoms with Gasteiger partial charge in [-0.1, -0.05) is 26.0 Å². The van der Waals surface area contributed by atoms with E-state index >= 15 is 0 Å². The third-order valence-electron chi connectivity index (χ3n) is 3.78. The van der Waals surface area contributed by atoms with Crippen LogP contribution in [-0.4, -0.2) is 23.0 Å². The highest BCUT2D eigenvalue weighted by Gasteiger charge is 2.21. The molecule has 0 spiro atoms. The molecule has 0 unspecified atom stereocenters. The molecule has 1 heterocycles. The van der Waals surface area contributed by atoms with Crippen LogP contribution in [0.2, 0.25) is 0 Å². The second-order valence-electron chi connectivity index (χ2n) is 5.89. The van der Waals surface area contributed by atoms with E-state index < -0.39 is 10.8 Å². The van der Waals surface area contributed by atoms with Crippen LogP contribution in [0.25, 0.3) is 0 Å². The standard InChI is InChI=1S/C18H23NO4S/c1-12(2)18(14-5-7-15(22-4)8-6-14)19-17(20)11-24(21)16-9-10-23-13(16)3/h5-10,12,18H,11H2,1-4H3,(H,19,20)/t18-,24-/m1/s1. The van der Waals surface area contributed by atoms with Crippen LogP contribution < -0.4 is 10.1 Å². The Hall–Kier alpha value is -2.08. The second-order valence-corrected chi connectivity index (χ2v) is 7.31. The number of nitrogens with one attached hydrogen (secondary N) is 1. The van der Waals surface area contributed by atoms with E-state index in [0.717, 1.165) is 11.3 Å². The van der Waals surface area contributed by atoms with Gasteiger partial charge in [0.05, 0.1) is 35.1 Å². The van der Waals surface area contributed by atoms with Crippen LogP contribution in [-0.2, 0) is 15.6 Å². The lowest BCUT2D eigenvalue weighted by Crippen LogP contribution is -2.34. The van der Waals surface area contributed by atoms with Gasteiger partial charge in [0.2, 0.25) is 5.91 Å². The van der Waals surface area contributed by atoms with Crippen molar-refractivity contribution in [1.82, 2.24) is 5.32 Å². The van der Waals surface area contributed by atoms with E-state index in [2.05, 4.69) is 5.32 Å². The summed E-state index contributed by atoms with van der Waals surface area (Å²) in [6, 6.07) is 9.09. The maximum Gasteiger partial charge on any atom is 0.233 e. The van der Waals surface area contributed by atoms with E-state index in [0.29, 0.717) is 10.7 Å². The Labute approximate surface area is 144 Å². The quantitative estimate of drug-likeness (QED) is 0.833. The molecule has 0 aliphatic heterocycles. The number of carbonyl (C=O) groups excluding carboxylic acids is 1. The molecule has 0 radical (unpaired) electrons. The van der Waals surface area contributed by atoms with Gasteiger partial charge in [0.15, 0.2) is 0 Å². The van der Waals surface area contributed by atoms with Crippen molar-refractivity contribution in [3.05, 3.63) is 47.9 Å². The molecule has 130 valence electrons. The molecule has 5 nitrogen and oxygen atoms in total. The Morgan fingerprint density at radius 2 is 1.92 bits per heavy atom. The van der Waals surface area contributed by atoms with Crippen molar-refractivity contribution in [3.63, 3.8) is 0 Å². The largest absolute Gasteiger partial charge is 0.497 e. The number of hydrogen-bond donors (Lipinski definition) is 1. The molecule has 0 bridgehead atoms. The lowest BCUT2D eigenvalue weighted by molar-refractivity contribution is -0.119. The highest BCUT2D eigenvalue weighted by Crippen LogP contribution is 2.24. The number of aryl methyl sites for hydroxylation is 1. The third-order valence-corrected chi connectivity index (χ3v) is 5.22. The topological polar surface area (TPSA) is 68.5 Å². The molecule has 1 N–H and O–H groups in total. The minimum absolute atomic E-state index is 0.0836. The Balaban J connectivity index is 2.05. The van der Waals surface area contributed by atoms with Crippen molar-refractivity contribution in [3.8, 4) is 5.75 Å². The van der Waals surface area contributed by atoms with Crippen LogP contribution in [0.1, 0.15) is 31.2 Å². The number of hydrogen-bond acceptors (Lipinski definition) is 4. The van der Waals surface area contributed by atoms with Gasteiger partial charge in [0.1, 0.15) is 17.3 Å². The first-order valence-corrected chi connectivity index (χ1v) is 9.10. The molecule has 0 aliphatic rings. The summed E-state index contributed by atoms with van der Waals surface area (Å²) in [6.07, 6.45) is 1.48. The lowest BCUT2D eigenvalue weighted by atomic mass is 9.96. The fourth-order valence-electron chi connectivity index (χ4n) is 2.47. The summed E-state index contributed by atoms with van der Waals surface area (Å²) in [5, 5.41) is 2.98. The molecule has 1 aromatic carbocycles. The number of rotatable bonds is 7. The molecule has 0 saturated heterocycles. The van der Waals surface area contributed by atoms with E-state index in [1.807, 2.05) is 38.1 Å². The zero-order valence-corrected chi connectivity index (χ0v) is 15.2. The molecule has 1 aromatic heterocycles. The Morgan fingerprint density at radius 1 is 1.25 bits per heavy atom. The molecular formula is C18H23NO4S. The van der Waals surface area contributed by atoms with Crippen molar-refractivity contribution >= 4 is 16.7 Å². The van der Waals surface area contributed by atoms with Crippen molar-refractivity contribution in [1.29, 1.82) is 0 Å². The number of methoxy groups -OCH3 is 1. The Kier molecular flexibility index (Phi) is 6.20. The summed E-state index contributed by atoms with van der Waals surface area (Å²) < 4.78 is 22.6. The first-order valence-electron chi connectivity index (χ1n) is 7.78. The van der Waals surface area contributed by atoms with E-state index in [1.54, 1.807) is 20.1 Å². The van der Waals surface area contributed by atoms with Crippen LogP contribution >= 0.6 is 0 Å². The van der Waals surface area contributed by atoms with Gasteiger partial charge in [-0.2, -0.15) is 0 Å². The fourth-order valence-corrected chi connectivity index (χ4v) is 3.52. The van der Waals surface area contributed by atoms with Gasteiger partial charge < -0.3 is 14.5 Å². The molecule has 2 rings (SSSR count). The molecular weight excluding hydrogens is 326 g/mol. The zero-order chi connectivity index (χ0) is 17.7. The summed E-state index contributed by atoms with van der Waals surface area (Å²) in [5.74, 6) is 1.22. The predicted molar refractivity (Wildman–Crippen MR) is 93.4 cm³/mol. The minimum atomic E-state index is -1.41. The lowest BCUT2D eigenvalue weighted by Gasteiger charge is -2.23. The van der Waals surface area contributed by atoms with Crippen LogP contribution in [0.4, 0.5) is 0 Å². The first-order chi connectivity index (χ1) is 11.4. The van der Waals surface area contributed by atoms with Gasteiger partial charge in [-0.05, 0) is 36.6 Å². The minimum Gasteiger partial charge on any atom is -0.497 e. The van der Waals surface area contributed by atoms with E-state index in [1.165, 1.54) is 6.26 Å². The molecule has 24 heavy (non-hydrogen) atoms. The molecule has 1 amide bonds. The van der Waals surface area contributed by atoms with Crippen LogP contribution in [0, 0.1) is 12.8 Å². The van der Waals surface area contributed by atoms with Crippen LogP contribution in [0.3, 0.4) is 0 Å². The molecule has 0 aliphatic carbocycles. The van der Waals surface area contributed by atoms with E-state index in [4.69, 9.17) is 9.15 Å². The third kappa shape index (κ3) is 4.47. The fraction of sp³-hybridized carbons (Fsp3) is 0.389. The van der Waals surface area contributed by atoms with Crippen molar-refractivity contribution in [2.24, 2.45) is 5.92 Å². The average molecular weight is 349 g/mol. The van der Waals surface area contributed by atoms with Gasteiger partial charge in [-0.15, -0.1) is 0 Å². The summed E-state index contributed by atoms with van der Waals surface area (Å²) in [6.45, 7) is 5.80. The average Bonchev–Trinajstić information content (AvgIpc) is 2.98. The van der Waals surface area contributed by atoms with Gasteiger partial charge in [-0.3, -0.25) is 9.00 Å². The van der Waals surface area contributed by atoms with Crippen molar-refractivity contribution in [2.45, 2.75) is 31.7 Å². The monoisotopic (exact) mass is 349 g/mol. The number of ether oxygens (including phenoxy) is 1. The Bertz CT molecular complexity index is 706. The van der Waals surface area contributed by atoms with E-state index in [-0.39, 0.29) is 23.6 Å². The summed E-state index contributed by atoms with van der Waals surface area (Å²) >= 11 is 0. The number of furan rings is 1. The van der Waals surface area contributed by atoms with Crippen molar-refractivity contribution in [2.75, 3.05) is 12.9 Å². The van der Waals surface area contributed by atoms with Crippen LogP contribution in [0.5, 0.6) is 5.75 Å². The van der Waals surface area contributed by atoms with E-state index in [9.17, 15) is 9.00 Å². The number of amides is 1. The Morgan fingerprint density at radius 3 is 2.42 bits per heavy atom. The molecule has 6 heteroatoms. The van der Waals surface area contributed by atoms with Crippen LogP contribution in [0.15, 0.2) is 45.9 Å². The first kappa shape index (κ1) is 18.3. The van der Waals surface area contributed by atoms with Crippen molar-refractivity contribution < 1.29 is 18.2 Å². The molecule has 2 atom stereocenters. The maximum absolute atomic E-state index is 12.3. The predicted octanol–water partition coefficient (Wildman–Crippen LogP) is 3.22. The smallest absolute Gasteiger partial charge is 0.233 e. The van der Waals surface area contributed by atoms with Gasteiger partial charge in [0.25, 0.3) is 0 Å².